The first-order valence-corrected chi connectivity index (χ1v) is 12.4. The number of nitrogens with zero attached hydrogens (tertiary/aromatic N) is 1. The molecule has 194 valence electrons. The van der Waals surface area contributed by atoms with Crippen LogP contribution < -0.4 is 10.6 Å². The zero-order valence-electron chi connectivity index (χ0n) is 20.9. The predicted molar refractivity (Wildman–Crippen MR) is 125 cm³/mol. The number of likely N-dealkylation sites (tertiary alicyclic amines) is 1. The van der Waals surface area contributed by atoms with Gasteiger partial charge < -0.3 is 30.1 Å². The maximum atomic E-state index is 13.6. The van der Waals surface area contributed by atoms with Crippen LogP contribution in [0.5, 0.6) is 0 Å². The Kier molecular flexibility index (Phi) is 6.63. The van der Waals surface area contributed by atoms with Crippen LogP contribution in [0, 0.1) is 23.2 Å². The second-order valence-corrected chi connectivity index (χ2v) is 11.6. The third-order valence-corrected chi connectivity index (χ3v) is 7.91. The molecule has 0 radical (unpaired) electrons. The van der Waals surface area contributed by atoms with Crippen molar-refractivity contribution in [1.29, 1.82) is 0 Å². The van der Waals surface area contributed by atoms with Crippen LogP contribution in [0.4, 0.5) is 4.79 Å². The summed E-state index contributed by atoms with van der Waals surface area (Å²) in [5.74, 6) is -0.575. The molecule has 2 unspecified atom stereocenters. The number of alkyl carbamates (subject to hydrolysis) is 1. The van der Waals surface area contributed by atoms with Gasteiger partial charge >= 0.3 is 12.1 Å². The summed E-state index contributed by atoms with van der Waals surface area (Å²) < 4.78 is 10.4. The SMILES string of the molecule is C=C[C@@H]1CC1(NC(=O)[C@@H]1C[C@H](O)CN1C(=O)[C@@H](NC(=O)OC1C[C@@H]2C[C@@H]2C1)C(C)(C)C)C(=O)OC. The summed E-state index contributed by atoms with van der Waals surface area (Å²) in [6, 6.07) is -1.96. The molecule has 0 aromatic carbocycles. The maximum Gasteiger partial charge on any atom is 0.408 e. The summed E-state index contributed by atoms with van der Waals surface area (Å²) in [7, 11) is 1.25. The average Bonchev–Trinajstić information content (AvgIpc) is 3.60. The van der Waals surface area contributed by atoms with Crippen molar-refractivity contribution in [2.45, 2.75) is 82.7 Å². The van der Waals surface area contributed by atoms with E-state index in [2.05, 4.69) is 17.2 Å². The average molecular weight is 492 g/mol. The number of hydrogen-bond acceptors (Lipinski definition) is 7. The van der Waals surface area contributed by atoms with E-state index in [0.29, 0.717) is 18.3 Å². The molecule has 0 spiro atoms. The van der Waals surface area contributed by atoms with Gasteiger partial charge in [-0.2, -0.15) is 0 Å². The van der Waals surface area contributed by atoms with Crippen LogP contribution in [0.3, 0.4) is 0 Å². The van der Waals surface area contributed by atoms with Gasteiger partial charge in [0, 0.05) is 18.9 Å². The molecule has 0 aromatic rings. The quantitative estimate of drug-likeness (QED) is 0.359. The van der Waals surface area contributed by atoms with Crippen molar-refractivity contribution in [2.75, 3.05) is 13.7 Å². The van der Waals surface area contributed by atoms with Gasteiger partial charge in [0.1, 0.15) is 23.7 Å². The Labute approximate surface area is 205 Å². The number of esters is 1. The number of hydrogen-bond donors (Lipinski definition) is 3. The van der Waals surface area contributed by atoms with Crippen molar-refractivity contribution in [3.8, 4) is 0 Å². The number of aliphatic hydroxyl groups is 1. The first kappa shape index (κ1) is 25.5. The minimum absolute atomic E-state index is 0.0275. The fraction of sp³-hybridized carbons (Fsp3) is 0.760. The highest BCUT2D eigenvalue weighted by atomic mass is 16.6. The second kappa shape index (κ2) is 9.11. The molecule has 3 aliphatic carbocycles. The Morgan fingerprint density at radius 3 is 2.34 bits per heavy atom. The minimum Gasteiger partial charge on any atom is -0.467 e. The number of methoxy groups -OCH3 is 1. The molecule has 0 bridgehead atoms. The molecular weight excluding hydrogens is 454 g/mol. The molecule has 0 aromatic heterocycles. The third kappa shape index (κ3) is 5.03. The predicted octanol–water partition coefficient (Wildman–Crippen LogP) is 1.12. The van der Waals surface area contributed by atoms with E-state index in [0.717, 1.165) is 12.8 Å². The van der Waals surface area contributed by atoms with Crippen LogP contribution in [-0.4, -0.2) is 77.4 Å². The smallest absolute Gasteiger partial charge is 0.408 e. The van der Waals surface area contributed by atoms with Gasteiger partial charge in [0.2, 0.25) is 11.8 Å². The van der Waals surface area contributed by atoms with E-state index >= 15 is 0 Å². The fourth-order valence-corrected chi connectivity index (χ4v) is 5.67. The molecule has 8 atom stereocenters. The van der Waals surface area contributed by atoms with Gasteiger partial charge in [-0.1, -0.05) is 26.8 Å². The number of ether oxygens (including phenoxy) is 2. The van der Waals surface area contributed by atoms with E-state index in [4.69, 9.17) is 9.47 Å². The van der Waals surface area contributed by atoms with Gasteiger partial charge in [0.15, 0.2) is 0 Å². The highest BCUT2D eigenvalue weighted by Gasteiger charge is 2.62. The Morgan fingerprint density at radius 1 is 1.14 bits per heavy atom. The first-order valence-electron chi connectivity index (χ1n) is 12.4. The lowest BCUT2D eigenvalue weighted by Crippen LogP contribution is -2.59. The number of carbonyl (C=O) groups excluding carboxylic acids is 4. The number of rotatable bonds is 7. The van der Waals surface area contributed by atoms with E-state index in [1.54, 1.807) is 6.08 Å². The summed E-state index contributed by atoms with van der Waals surface area (Å²) in [5.41, 5.74) is -1.89. The molecule has 4 rings (SSSR count). The normalized spacial score (nSPS) is 36.0. The van der Waals surface area contributed by atoms with Crippen LogP contribution in [0.2, 0.25) is 0 Å². The molecule has 1 heterocycles. The van der Waals surface area contributed by atoms with Crippen molar-refractivity contribution in [3.63, 3.8) is 0 Å². The van der Waals surface area contributed by atoms with Crippen molar-refractivity contribution in [2.24, 2.45) is 23.2 Å². The van der Waals surface area contributed by atoms with Crippen LogP contribution in [0.1, 0.15) is 52.9 Å². The molecule has 10 nitrogen and oxygen atoms in total. The lowest BCUT2D eigenvalue weighted by atomic mass is 9.85. The van der Waals surface area contributed by atoms with Gasteiger partial charge in [0.05, 0.1) is 13.2 Å². The molecule has 4 aliphatic rings. The van der Waals surface area contributed by atoms with Crippen LogP contribution in [-0.2, 0) is 23.9 Å². The summed E-state index contributed by atoms with van der Waals surface area (Å²) in [4.78, 5) is 53.2. The molecule has 3 N–H and O–H groups in total. The van der Waals surface area contributed by atoms with Gasteiger partial charge in [-0.15, -0.1) is 6.58 Å². The van der Waals surface area contributed by atoms with E-state index < -0.39 is 53.0 Å². The van der Waals surface area contributed by atoms with Gasteiger partial charge in [-0.3, -0.25) is 9.59 Å². The Hall–Kier alpha value is -2.62. The van der Waals surface area contributed by atoms with E-state index in [1.165, 1.54) is 18.4 Å². The number of fused-ring (bicyclic) bond motifs is 1. The Morgan fingerprint density at radius 2 is 1.80 bits per heavy atom. The van der Waals surface area contributed by atoms with E-state index in [9.17, 15) is 24.3 Å². The Bertz CT molecular complexity index is 905. The number of amides is 3. The van der Waals surface area contributed by atoms with Crippen LogP contribution >= 0.6 is 0 Å². The number of carbonyl (C=O) groups is 4. The highest BCUT2D eigenvalue weighted by Crippen LogP contribution is 2.52. The summed E-state index contributed by atoms with van der Waals surface area (Å²) in [6.07, 6.45) is 3.21. The van der Waals surface area contributed by atoms with Crippen LogP contribution in [0.15, 0.2) is 12.7 Å². The maximum absolute atomic E-state index is 13.6. The number of nitrogens with one attached hydrogen (secondary N) is 2. The van der Waals surface area contributed by atoms with Crippen molar-refractivity contribution in [3.05, 3.63) is 12.7 Å². The van der Waals surface area contributed by atoms with E-state index in [1.807, 2.05) is 20.8 Å². The zero-order valence-corrected chi connectivity index (χ0v) is 20.9. The lowest BCUT2D eigenvalue weighted by Gasteiger charge is -2.35. The zero-order chi connectivity index (χ0) is 25.7. The van der Waals surface area contributed by atoms with Crippen molar-refractivity contribution >= 4 is 23.9 Å². The molecule has 35 heavy (non-hydrogen) atoms. The number of aliphatic hydroxyl groups excluding tert-OH is 1. The van der Waals surface area contributed by atoms with E-state index in [-0.39, 0.29) is 25.0 Å². The van der Waals surface area contributed by atoms with Gasteiger partial charge in [0.25, 0.3) is 0 Å². The fourth-order valence-electron chi connectivity index (χ4n) is 5.67. The standard InChI is InChI=1S/C25H37N3O7/c1-6-15-11-25(15,22(32)34-5)27-20(30)18-10-16(29)12-28(18)21(31)19(24(2,3)4)26-23(33)35-17-8-13-7-14(13)9-17/h6,13-19,29H,1,7-12H2,2-5H3,(H,26,33)(H,27,30)/t13-,14+,15-,16+,17?,18+,19-,25?/m1/s1. The second-order valence-electron chi connectivity index (χ2n) is 11.6. The summed E-state index contributed by atoms with van der Waals surface area (Å²) in [6.45, 7) is 9.09. The van der Waals surface area contributed by atoms with Crippen molar-refractivity contribution < 1.29 is 33.8 Å². The molecule has 10 heteroatoms. The Balaban J connectivity index is 1.45. The van der Waals surface area contributed by atoms with Crippen LogP contribution in [0.25, 0.3) is 0 Å². The molecule has 1 saturated heterocycles. The topological polar surface area (TPSA) is 134 Å². The summed E-state index contributed by atoms with van der Waals surface area (Å²) in [5, 5.41) is 15.8. The monoisotopic (exact) mass is 491 g/mol. The lowest BCUT2D eigenvalue weighted by molar-refractivity contribution is -0.148. The minimum atomic E-state index is -1.21. The molecular formula is C25H37N3O7. The first-order chi connectivity index (χ1) is 16.4. The van der Waals surface area contributed by atoms with Gasteiger partial charge in [-0.05, 0) is 42.9 Å². The molecule has 3 amide bonds. The number of β-amino-alcohol motifs (C(OH)–C–C–N with tert-alkyl or cyclic N) is 1. The molecule has 4 fully saturated rings. The highest BCUT2D eigenvalue weighted by molar-refractivity contribution is 5.96. The molecule has 1 aliphatic heterocycles. The van der Waals surface area contributed by atoms with Gasteiger partial charge in [-0.25, -0.2) is 9.59 Å². The summed E-state index contributed by atoms with van der Waals surface area (Å²) >= 11 is 0. The molecule has 3 saturated carbocycles. The third-order valence-electron chi connectivity index (χ3n) is 7.91. The largest absolute Gasteiger partial charge is 0.467 e. The van der Waals surface area contributed by atoms with Crippen molar-refractivity contribution in [1.82, 2.24) is 15.5 Å².